The predicted molar refractivity (Wildman–Crippen MR) is 69.0 cm³/mol. The molecular weight excluding hydrogens is 246 g/mol. The standard InChI is InChI=1S/C11H12ClNS2/c1-7(2)6-9-10(13-11(12)15-9)8-4-3-5-14-8/h3-5,7H,6H2,1-2H3. The topological polar surface area (TPSA) is 12.9 Å². The molecule has 0 radical (unpaired) electrons. The van der Waals surface area contributed by atoms with Gasteiger partial charge in [-0.15, -0.1) is 22.7 Å². The molecule has 0 aromatic carbocycles. The van der Waals surface area contributed by atoms with Crippen LogP contribution in [-0.4, -0.2) is 4.98 Å². The van der Waals surface area contributed by atoms with E-state index in [-0.39, 0.29) is 0 Å². The van der Waals surface area contributed by atoms with Gasteiger partial charge in [0.15, 0.2) is 4.47 Å². The molecule has 2 aromatic rings. The van der Waals surface area contributed by atoms with E-state index in [0.29, 0.717) is 10.4 Å². The van der Waals surface area contributed by atoms with Gasteiger partial charge in [0.25, 0.3) is 0 Å². The average molecular weight is 258 g/mol. The maximum absolute atomic E-state index is 5.98. The zero-order valence-corrected chi connectivity index (χ0v) is 11.0. The molecule has 2 aromatic heterocycles. The quantitative estimate of drug-likeness (QED) is 0.775. The molecule has 0 amide bonds. The molecule has 0 unspecified atom stereocenters. The Kier molecular flexibility index (Phi) is 3.44. The third-order valence-electron chi connectivity index (χ3n) is 2.02. The summed E-state index contributed by atoms with van der Waals surface area (Å²) in [5.74, 6) is 0.639. The van der Waals surface area contributed by atoms with Crippen molar-refractivity contribution in [1.29, 1.82) is 0 Å². The Morgan fingerprint density at radius 2 is 2.27 bits per heavy atom. The van der Waals surface area contributed by atoms with Gasteiger partial charge in [0, 0.05) is 4.88 Å². The minimum Gasteiger partial charge on any atom is -0.224 e. The second-order valence-corrected chi connectivity index (χ2v) is 6.43. The summed E-state index contributed by atoms with van der Waals surface area (Å²) in [4.78, 5) is 6.92. The summed E-state index contributed by atoms with van der Waals surface area (Å²) in [6.07, 6.45) is 1.05. The lowest BCUT2D eigenvalue weighted by molar-refractivity contribution is 0.654. The first kappa shape index (κ1) is 11.1. The highest BCUT2D eigenvalue weighted by Gasteiger charge is 2.13. The van der Waals surface area contributed by atoms with Gasteiger partial charge in [-0.25, -0.2) is 4.98 Å². The van der Waals surface area contributed by atoms with Gasteiger partial charge in [-0.3, -0.25) is 0 Å². The van der Waals surface area contributed by atoms with Crippen molar-refractivity contribution >= 4 is 34.3 Å². The molecule has 80 valence electrons. The molecular formula is C11H12ClNS2. The van der Waals surface area contributed by atoms with E-state index in [1.165, 1.54) is 9.75 Å². The molecule has 2 rings (SSSR count). The van der Waals surface area contributed by atoms with Crippen molar-refractivity contribution in [2.45, 2.75) is 20.3 Å². The van der Waals surface area contributed by atoms with E-state index >= 15 is 0 Å². The third-order valence-corrected chi connectivity index (χ3v) is 4.08. The fraction of sp³-hybridized carbons (Fsp3) is 0.364. The van der Waals surface area contributed by atoms with Gasteiger partial charge in [-0.2, -0.15) is 0 Å². The molecule has 0 aliphatic carbocycles. The molecule has 0 saturated heterocycles. The molecule has 0 saturated carbocycles. The fourth-order valence-electron chi connectivity index (χ4n) is 1.44. The molecule has 0 aliphatic heterocycles. The molecule has 15 heavy (non-hydrogen) atoms. The number of rotatable bonds is 3. The van der Waals surface area contributed by atoms with Crippen LogP contribution in [0, 0.1) is 5.92 Å². The number of thiophene rings is 1. The van der Waals surface area contributed by atoms with Crippen LogP contribution in [0.15, 0.2) is 17.5 Å². The SMILES string of the molecule is CC(C)Cc1sc(Cl)nc1-c1cccs1. The van der Waals surface area contributed by atoms with Crippen LogP contribution in [0.25, 0.3) is 10.6 Å². The summed E-state index contributed by atoms with van der Waals surface area (Å²) in [7, 11) is 0. The van der Waals surface area contributed by atoms with Crippen LogP contribution in [-0.2, 0) is 6.42 Å². The Morgan fingerprint density at radius 3 is 2.87 bits per heavy atom. The molecule has 0 spiro atoms. The number of nitrogens with zero attached hydrogens (tertiary/aromatic N) is 1. The molecule has 0 fully saturated rings. The zero-order valence-electron chi connectivity index (χ0n) is 8.66. The number of hydrogen-bond acceptors (Lipinski definition) is 3. The third kappa shape index (κ3) is 2.60. The summed E-state index contributed by atoms with van der Waals surface area (Å²) >= 11 is 9.30. The molecule has 1 nitrogen and oxygen atoms in total. The highest BCUT2D eigenvalue weighted by Crippen LogP contribution is 2.34. The van der Waals surface area contributed by atoms with Crippen molar-refractivity contribution in [3.05, 3.63) is 26.9 Å². The van der Waals surface area contributed by atoms with E-state index in [1.54, 1.807) is 22.7 Å². The van der Waals surface area contributed by atoms with Crippen LogP contribution < -0.4 is 0 Å². The van der Waals surface area contributed by atoms with Gasteiger partial charge < -0.3 is 0 Å². The number of thiazole rings is 1. The number of hydrogen-bond donors (Lipinski definition) is 0. The van der Waals surface area contributed by atoms with Crippen molar-refractivity contribution in [3.63, 3.8) is 0 Å². The van der Waals surface area contributed by atoms with Crippen LogP contribution in [0.4, 0.5) is 0 Å². The van der Waals surface area contributed by atoms with E-state index in [2.05, 4.69) is 30.3 Å². The van der Waals surface area contributed by atoms with E-state index in [4.69, 9.17) is 11.6 Å². The van der Waals surface area contributed by atoms with Gasteiger partial charge in [-0.05, 0) is 23.8 Å². The first-order chi connectivity index (χ1) is 7.16. The summed E-state index contributed by atoms with van der Waals surface area (Å²) in [6.45, 7) is 4.43. The molecule has 0 atom stereocenters. The average Bonchev–Trinajstić information content (AvgIpc) is 2.72. The Bertz CT molecular complexity index is 431. The minimum atomic E-state index is 0.639. The fourth-order valence-corrected chi connectivity index (χ4v) is 3.62. The summed E-state index contributed by atoms with van der Waals surface area (Å²) in [6, 6.07) is 4.15. The van der Waals surface area contributed by atoms with E-state index in [1.807, 2.05) is 6.07 Å². The normalized spacial score (nSPS) is 11.2. The number of halogens is 1. The van der Waals surface area contributed by atoms with E-state index < -0.39 is 0 Å². The van der Waals surface area contributed by atoms with Crippen LogP contribution in [0.5, 0.6) is 0 Å². The van der Waals surface area contributed by atoms with Gasteiger partial charge in [-0.1, -0.05) is 31.5 Å². The molecule has 0 N–H and O–H groups in total. The van der Waals surface area contributed by atoms with Crippen LogP contribution in [0.3, 0.4) is 0 Å². The second-order valence-electron chi connectivity index (χ2n) is 3.81. The highest BCUT2D eigenvalue weighted by atomic mass is 35.5. The first-order valence-electron chi connectivity index (χ1n) is 4.86. The number of aromatic nitrogens is 1. The van der Waals surface area contributed by atoms with Crippen molar-refractivity contribution in [1.82, 2.24) is 4.98 Å². The van der Waals surface area contributed by atoms with Crippen molar-refractivity contribution in [2.24, 2.45) is 5.92 Å². The maximum atomic E-state index is 5.98. The molecule has 0 aliphatic rings. The smallest absolute Gasteiger partial charge is 0.184 e. The van der Waals surface area contributed by atoms with Crippen molar-refractivity contribution in [3.8, 4) is 10.6 Å². The first-order valence-corrected chi connectivity index (χ1v) is 6.93. The molecule has 2 heterocycles. The van der Waals surface area contributed by atoms with Gasteiger partial charge in [0.05, 0.1) is 10.6 Å². The Hall–Kier alpha value is -0.380. The van der Waals surface area contributed by atoms with Crippen molar-refractivity contribution in [2.75, 3.05) is 0 Å². The summed E-state index contributed by atoms with van der Waals surface area (Å²) in [5.41, 5.74) is 1.08. The molecule has 4 heteroatoms. The lowest BCUT2D eigenvalue weighted by atomic mass is 10.1. The predicted octanol–water partition coefficient (Wildman–Crippen LogP) is 4.72. The maximum Gasteiger partial charge on any atom is 0.184 e. The summed E-state index contributed by atoms with van der Waals surface area (Å²) in [5, 5.41) is 2.07. The van der Waals surface area contributed by atoms with Gasteiger partial charge in [0.2, 0.25) is 0 Å². The Balaban J connectivity index is 2.38. The Labute approximate surface area is 103 Å². The van der Waals surface area contributed by atoms with Crippen LogP contribution in [0.1, 0.15) is 18.7 Å². The zero-order chi connectivity index (χ0) is 10.8. The Morgan fingerprint density at radius 1 is 1.47 bits per heavy atom. The van der Waals surface area contributed by atoms with Crippen LogP contribution >= 0.6 is 34.3 Å². The lowest BCUT2D eigenvalue weighted by Crippen LogP contribution is -1.92. The largest absolute Gasteiger partial charge is 0.224 e. The van der Waals surface area contributed by atoms with Gasteiger partial charge in [0.1, 0.15) is 0 Å². The summed E-state index contributed by atoms with van der Waals surface area (Å²) < 4.78 is 0.647. The highest BCUT2D eigenvalue weighted by molar-refractivity contribution is 7.17. The van der Waals surface area contributed by atoms with E-state index in [9.17, 15) is 0 Å². The van der Waals surface area contributed by atoms with Crippen LogP contribution in [0.2, 0.25) is 4.47 Å². The molecule has 0 bridgehead atoms. The van der Waals surface area contributed by atoms with Gasteiger partial charge >= 0.3 is 0 Å². The van der Waals surface area contributed by atoms with Crippen molar-refractivity contribution < 1.29 is 0 Å². The monoisotopic (exact) mass is 257 g/mol. The lowest BCUT2D eigenvalue weighted by Gasteiger charge is -2.02. The van der Waals surface area contributed by atoms with E-state index in [0.717, 1.165) is 12.1 Å². The second kappa shape index (κ2) is 4.64. The minimum absolute atomic E-state index is 0.639.